The second kappa shape index (κ2) is 7.47. The fourth-order valence-electron chi connectivity index (χ4n) is 3.07. The van der Waals surface area contributed by atoms with Gasteiger partial charge in [-0.15, -0.1) is 0 Å². The highest BCUT2D eigenvalue weighted by Gasteiger charge is 2.17. The summed E-state index contributed by atoms with van der Waals surface area (Å²) in [4.78, 5) is 14.7. The van der Waals surface area contributed by atoms with Crippen LogP contribution in [0.25, 0.3) is 0 Å². The molecule has 122 valence electrons. The van der Waals surface area contributed by atoms with E-state index in [0.717, 1.165) is 26.1 Å². The maximum absolute atomic E-state index is 12.2. The summed E-state index contributed by atoms with van der Waals surface area (Å²) in [5.41, 5.74) is 2.98. The number of ether oxygens (including phenoxy) is 1. The molecule has 1 fully saturated rings. The number of rotatable bonds is 6. The molecule has 0 N–H and O–H groups in total. The van der Waals surface area contributed by atoms with E-state index < -0.39 is 0 Å². The number of hydrogen-bond acceptors (Lipinski definition) is 3. The maximum Gasteiger partial charge on any atom is 0.354 e. The lowest BCUT2D eigenvalue weighted by Gasteiger charge is -2.15. The first kappa shape index (κ1) is 15.8. The molecule has 0 aliphatic carbocycles. The highest BCUT2D eigenvalue weighted by molar-refractivity contribution is 5.87. The molecule has 0 amide bonds. The Kier molecular flexibility index (Phi) is 5.13. The van der Waals surface area contributed by atoms with Crippen LogP contribution >= 0.6 is 0 Å². The first-order valence-corrected chi connectivity index (χ1v) is 8.32. The van der Waals surface area contributed by atoms with Crippen LogP contribution in [0.2, 0.25) is 0 Å². The molecule has 1 saturated heterocycles. The SMILES string of the molecule is Cn1c(CN2CCCC2)ccc1C(=O)OCCc1ccccc1. The van der Waals surface area contributed by atoms with Gasteiger partial charge in [-0.25, -0.2) is 4.79 Å². The quantitative estimate of drug-likeness (QED) is 0.769. The minimum atomic E-state index is -0.240. The first-order valence-electron chi connectivity index (χ1n) is 8.32. The van der Waals surface area contributed by atoms with Gasteiger partial charge in [-0.3, -0.25) is 4.90 Å². The number of carbonyl (C=O) groups is 1. The third-order valence-electron chi connectivity index (χ3n) is 4.49. The summed E-state index contributed by atoms with van der Waals surface area (Å²) in [6.07, 6.45) is 3.30. The molecule has 2 heterocycles. The van der Waals surface area contributed by atoms with Crippen LogP contribution in [0, 0.1) is 0 Å². The Balaban J connectivity index is 1.53. The lowest BCUT2D eigenvalue weighted by Crippen LogP contribution is -2.21. The number of aromatic nitrogens is 1. The van der Waals surface area contributed by atoms with Crippen molar-refractivity contribution in [3.05, 3.63) is 59.4 Å². The van der Waals surface area contributed by atoms with E-state index >= 15 is 0 Å². The normalized spacial score (nSPS) is 15.0. The largest absolute Gasteiger partial charge is 0.461 e. The van der Waals surface area contributed by atoms with Gasteiger partial charge in [0.15, 0.2) is 0 Å². The number of hydrogen-bond donors (Lipinski definition) is 0. The van der Waals surface area contributed by atoms with Crippen molar-refractivity contribution in [2.24, 2.45) is 7.05 Å². The summed E-state index contributed by atoms with van der Waals surface area (Å²) in [7, 11) is 1.94. The van der Waals surface area contributed by atoms with E-state index in [1.165, 1.54) is 24.1 Å². The third kappa shape index (κ3) is 4.02. The maximum atomic E-state index is 12.2. The van der Waals surface area contributed by atoms with E-state index in [4.69, 9.17) is 4.74 Å². The van der Waals surface area contributed by atoms with E-state index in [-0.39, 0.29) is 5.97 Å². The average molecular weight is 312 g/mol. The zero-order chi connectivity index (χ0) is 16.1. The Morgan fingerprint density at radius 3 is 2.57 bits per heavy atom. The monoisotopic (exact) mass is 312 g/mol. The molecule has 4 heteroatoms. The molecule has 3 rings (SSSR count). The van der Waals surface area contributed by atoms with E-state index in [1.807, 2.05) is 54.1 Å². The molecular weight excluding hydrogens is 288 g/mol. The van der Waals surface area contributed by atoms with Crippen molar-refractivity contribution in [2.45, 2.75) is 25.8 Å². The van der Waals surface area contributed by atoms with E-state index in [0.29, 0.717) is 12.3 Å². The average Bonchev–Trinajstić information content (AvgIpc) is 3.20. The summed E-state index contributed by atoms with van der Waals surface area (Å²) in [5.74, 6) is -0.240. The molecule has 0 saturated carbocycles. The van der Waals surface area contributed by atoms with Gasteiger partial charge in [0, 0.05) is 25.7 Å². The minimum absolute atomic E-state index is 0.240. The molecule has 1 aliphatic rings. The topological polar surface area (TPSA) is 34.5 Å². The standard InChI is InChI=1S/C19H24N2O2/c1-20-17(15-21-12-5-6-13-21)9-10-18(20)19(22)23-14-11-16-7-3-2-4-8-16/h2-4,7-10H,5-6,11-15H2,1H3. The fraction of sp³-hybridized carbons (Fsp3) is 0.421. The van der Waals surface area contributed by atoms with Crippen molar-refractivity contribution in [1.82, 2.24) is 9.47 Å². The number of esters is 1. The summed E-state index contributed by atoms with van der Waals surface area (Å²) in [6, 6.07) is 14.0. The zero-order valence-electron chi connectivity index (χ0n) is 13.7. The van der Waals surface area contributed by atoms with Crippen LogP contribution in [0.4, 0.5) is 0 Å². The van der Waals surface area contributed by atoms with Gasteiger partial charge in [0.05, 0.1) is 6.61 Å². The smallest absolute Gasteiger partial charge is 0.354 e. The molecule has 4 nitrogen and oxygen atoms in total. The van der Waals surface area contributed by atoms with Gasteiger partial charge < -0.3 is 9.30 Å². The molecule has 0 spiro atoms. The third-order valence-corrected chi connectivity index (χ3v) is 4.49. The zero-order valence-corrected chi connectivity index (χ0v) is 13.7. The molecule has 0 radical (unpaired) electrons. The molecule has 1 aliphatic heterocycles. The summed E-state index contributed by atoms with van der Waals surface area (Å²) in [5, 5.41) is 0. The van der Waals surface area contributed by atoms with Gasteiger partial charge in [0.2, 0.25) is 0 Å². The highest BCUT2D eigenvalue weighted by atomic mass is 16.5. The van der Waals surface area contributed by atoms with Gasteiger partial charge in [0.25, 0.3) is 0 Å². The van der Waals surface area contributed by atoms with Gasteiger partial charge in [0.1, 0.15) is 5.69 Å². The van der Waals surface area contributed by atoms with E-state index in [1.54, 1.807) is 0 Å². The summed E-state index contributed by atoms with van der Waals surface area (Å²) < 4.78 is 7.38. The Morgan fingerprint density at radius 2 is 1.83 bits per heavy atom. The Bertz CT molecular complexity index is 643. The second-order valence-corrected chi connectivity index (χ2v) is 6.12. The van der Waals surface area contributed by atoms with Crippen molar-refractivity contribution in [2.75, 3.05) is 19.7 Å². The number of benzene rings is 1. The number of carbonyl (C=O) groups excluding carboxylic acids is 1. The first-order chi connectivity index (χ1) is 11.2. The van der Waals surface area contributed by atoms with Crippen LogP contribution in [0.3, 0.4) is 0 Å². The summed E-state index contributed by atoms with van der Waals surface area (Å²) in [6.45, 7) is 3.63. The Labute approximate surface area is 137 Å². The van der Waals surface area contributed by atoms with Gasteiger partial charge in [-0.2, -0.15) is 0 Å². The van der Waals surface area contributed by atoms with E-state index in [2.05, 4.69) is 4.90 Å². The number of likely N-dealkylation sites (tertiary alicyclic amines) is 1. The molecule has 0 atom stereocenters. The van der Waals surface area contributed by atoms with Gasteiger partial charge in [-0.1, -0.05) is 30.3 Å². The lowest BCUT2D eigenvalue weighted by atomic mass is 10.2. The summed E-state index contributed by atoms with van der Waals surface area (Å²) >= 11 is 0. The van der Waals surface area contributed by atoms with Crippen molar-refractivity contribution in [3.63, 3.8) is 0 Å². The minimum Gasteiger partial charge on any atom is -0.461 e. The highest BCUT2D eigenvalue weighted by Crippen LogP contribution is 2.15. The van der Waals surface area contributed by atoms with Gasteiger partial charge >= 0.3 is 5.97 Å². The van der Waals surface area contributed by atoms with Crippen LogP contribution in [-0.4, -0.2) is 35.1 Å². The van der Waals surface area contributed by atoms with Gasteiger partial charge in [-0.05, 0) is 43.6 Å². The Hall–Kier alpha value is -2.07. The predicted octanol–water partition coefficient (Wildman–Crippen LogP) is 3.02. The molecule has 2 aromatic rings. The number of nitrogens with zero attached hydrogens (tertiary/aromatic N) is 2. The van der Waals surface area contributed by atoms with Crippen molar-refractivity contribution >= 4 is 5.97 Å². The molecular formula is C19H24N2O2. The van der Waals surface area contributed by atoms with Crippen LogP contribution in [0.15, 0.2) is 42.5 Å². The molecule has 0 bridgehead atoms. The van der Waals surface area contributed by atoms with Crippen LogP contribution < -0.4 is 0 Å². The molecule has 1 aromatic carbocycles. The van der Waals surface area contributed by atoms with E-state index in [9.17, 15) is 4.79 Å². The lowest BCUT2D eigenvalue weighted by molar-refractivity contribution is 0.0497. The van der Waals surface area contributed by atoms with Crippen LogP contribution in [-0.2, 0) is 24.8 Å². The second-order valence-electron chi connectivity index (χ2n) is 6.12. The fourth-order valence-corrected chi connectivity index (χ4v) is 3.07. The molecule has 1 aromatic heterocycles. The van der Waals surface area contributed by atoms with Crippen LogP contribution in [0.5, 0.6) is 0 Å². The van der Waals surface area contributed by atoms with Crippen molar-refractivity contribution in [1.29, 1.82) is 0 Å². The van der Waals surface area contributed by atoms with Crippen LogP contribution in [0.1, 0.15) is 34.6 Å². The Morgan fingerprint density at radius 1 is 1.09 bits per heavy atom. The molecule has 0 unspecified atom stereocenters. The predicted molar refractivity (Wildman–Crippen MR) is 90.4 cm³/mol. The molecule has 23 heavy (non-hydrogen) atoms. The van der Waals surface area contributed by atoms with Crippen molar-refractivity contribution in [3.8, 4) is 0 Å². The van der Waals surface area contributed by atoms with Crippen molar-refractivity contribution < 1.29 is 9.53 Å².